The first-order chi connectivity index (χ1) is 15.4. The maximum absolute atomic E-state index is 12.8. The Morgan fingerprint density at radius 1 is 0.970 bits per heavy atom. The normalized spacial score (nSPS) is 11.5. The fourth-order valence-electron chi connectivity index (χ4n) is 3.01. The Hall–Kier alpha value is -3.85. The van der Waals surface area contributed by atoms with Crippen LogP contribution in [0.1, 0.15) is 22.3 Å². The van der Waals surface area contributed by atoms with Gasteiger partial charge in [0.15, 0.2) is 0 Å². The third-order valence-corrected chi connectivity index (χ3v) is 5.34. The zero-order valence-electron chi connectivity index (χ0n) is 17.6. The van der Waals surface area contributed by atoms with E-state index in [0.29, 0.717) is 16.9 Å². The number of nitrogens with zero attached hydrogens (tertiary/aromatic N) is 3. The monoisotopic (exact) mass is 477 g/mol. The van der Waals surface area contributed by atoms with Crippen molar-refractivity contribution in [3.8, 4) is 11.9 Å². The number of aryl methyl sites for hydroxylation is 3. The maximum atomic E-state index is 12.8. The Morgan fingerprint density at radius 3 is 2.12 bits per heavy atom. The molecule has 2 N–H and O–H groups in total. The van der Waals surface area contributed by atoms with Crippen molar-refractivity contribution >= 4 is 33.3 Å². The minimum atomic E-state index is -5.94. The van der Waals surface area contributed by atoms with Crippen molar-refractivity contribution in [2.45, 2.75) is 26.3 Å². The lowest BCUT2D eigenvalue weighted by Crippen LogP contribution is -2.28. The van der Waals surface area contributed by atoms with Crippen LogP contribution in [0.2, 0.25) is 0 Å². The molecule has 2 aromatic carbocycles. The number of benzene rings is 2. The Morgan fingerprint density at radius 2 is 1.58 bits per heavy atom. The van der Waals surface area contributed by atoms with E-state index in [9.17, 15) is 21.6 Å². The van der Waals surface area contributed by atoms with E-state index in [2.05, 4.69) is 24.8 Å². The summed E-state index contributed by atoms with van der Waals surface area (Å²) in [6.07, 6.45) is 0. The molecule has 0 aliphatic rings. The highest BCUT2D eigenvalue weighted by Crippen LogP contribution is 2.30. The van der Waals surface area contributed by atoms with Gasteiger partial charge in [-0.05, 0) is 56.2 Å². The third-order valence-electron chi connectivity index (χ3n) is 4.38. The summed E-state index contributed by atoms with van der Waals surface area (Å²) >= 11 is 0. The first kappa shape index (κ1) is 23.8. The van der Waals surface area contributed by atoms with Crippen molar-refractivity contribution in [2.24, 2.45) is 0 Å². The Kier molecular flexibility index (Phi) is 6.46. The van der Waals surface area contributed by atoms with Gasteiger partial charge in [-0.3, -0.25) is 0 Å². The minimum absolute atomic E-state index is 0.00331. The highest BCUT2D eigenvalue weighted by atomic mass is 32.2. The van der Waals surface area contributed by atoms with E-state index in [1.807, 2.05) is 39.0 Å². The van der Waals surface area contributed by atoms with E-state index in [4.69, 9.17) is 5.26 Å². The molecule has 3 aromatic rings. The molecule has 0 aliphatic carbocycles. The molecule has 3 rings (SSSR count). The van der Waals surface area contributed by atoms with Gasteiger partial charge >= 0.3 is 15.6 Å². The quantitative estimate of drug-likeness (QED) is 0.377. The van der Waals surface area contributed by atoms with Gasteiger partial charge in [0.05, 0.1) is 11.6 Å². The lowest BCUT2D eigenvalue weighted by atomic mass is 10.1. The molecule has 0 saturated heterocycles. The topological polar surface area (TPSA) is 117 Å². The largest absolute Gasteiger partial charge is 0.534 e. The Labute approximate surface area is 188 Å². The number of nitrogens with one attached hydrogen (secondary N) is 2. The first-order valence-electron chi connectivity index (χ1n) is 9.40. The van der Waals surface area contributed by atoms with Crippen LogP contribution in [0.15, 0.2) is 42.5 Å². The third kappa shape index (κ3) is 5.69. The number of hydrogen-bond donors (Lipinski definition) is 2. The molecule has 0 bridgehead atoms. The first-order valence-corrected chi connectivity index (χ1v) is 10.8. The summed E-state index contributed by atoms with van der Waals surface area (Å²) in [6.45, 7) is 5.60. The lowest BCUT2D eigenvalue weighted by molar-refractivity contribution is -0.0501. The van der Waals surface area contributed by atoms with Crippen LogP contribution in [0.3, 0.4) is 0 Å². The molecule has 0 spiro atoms. The maximum Gasteiger partial charge on any atom is 0.534 e. The fraction of sp³-hybridized carbons (Fsp3) is 0.190. The fourth-order valence-corrected chi connectivity index (χ4v) is 3.41. The molecule has 1 heterocycles. The standard InChI is InChI=1S/C21H18F3N5O3S/c1-12-8-13(2)19(14(3)9-12)27-17-10-18(32-33(30,31)21(22,23)24)29-20(28-17)26-16-6-4-15(11-25)5-7-16/h4-10H,1-3H3,(H2,26,27,28,29). The second-order valence-electron chi connectivity index (χ2n) is 7.11. The van der Waals surface area contributed by atoms with Crippen molar-refractivity contribution in [1.29, 1.82) is 5.26 Å². The molecular formula is C21H18F3N5O3S. The van der Waals surface area contributed by atoms with Crippen LogP contribution >= 0.6 is 0 Å². The van der Waals surface area contributed by atoms with Crippen molar-refractivity contribution < 1.29 is 25.8 Å². The zero-order chi connectivity index (χ0) is 24.4. The summed E-state index contributed by atoms with van der Waals surface area (Å²) in [6, 6.07) is 12.8. The molecule has 0 radical (unpaired) electrons. The van der Waals surface area contributed by atoms with Crippen LogP contribution in [0, 0.1) is 32.1 Å². The van der Waals surface area contributed by atoms with Crippen LogP contribution in [0.4, 0.5) is 36.3 Å². The predicted octanol–water partition coefficient (Wildman–Crippen LogP) is 4.99. The van der Waals surface area contributed by atoms with Gasteiger partial charge in [-0.2, -0.15) is 36.8 Å². The van der Waals surface area contributed by atoms with Gasteiger partial charge in [-0.15, -0.1) is 0 Å². The molecule has 0 atom stereocenters. The zero-order valence-corrected chi connectivity index (χ0v) is 18.5. The van der Waals surface area contributed by atoms with Gasteiger partial charge in [0.2, 0.25) is 11.8 Å². The van der Waals surface area contributed by atoms with Gasteiger partial charge in [-0.25, -0.2) is 0 Å². The van der Waals surface area contributed by atoms with Crippen molar-refractivity contribution in [3.63, 3.8) is 0 Å². The van der Waals surface area contributed by atoms with Crippen LogP contribution in [-0.2, 0) is 10.1 Å². The Bertz CT molecular complexity index is 1310. The summed E-state index contributed by atoms with van der Waals surface area (Å²) < 4.78 is 65.7. The summed E-state index contributed by atoms with van der Waals surface area (Å²) in [5.74, 6) is -1.05. The van der Waals surface area contributed by atoms with Gasteiger partial charge in [-0.1, -0.05) is 17.7 Å². The highest BCUT2D eigenvalue weighted by molar-refractivity contribution is 7.87. The molecule has 1 aromatic heterocycles. The number of rotatable bonds is 6. The number of halogens is 3. The second kappa shape index (κ2) is 8.95. The van der Waals surface area contributed by atoms with E-state index in [-0.39, 0.29) is 11.8 Å². The van der Waals surface area contributed by atoms with Gasteiger partial charge in [0.1, 0.15) is 5.82 Å². The van der Waals surface area contributed by atoms with Gasteiger partial charge < -0.3 is 14.8 Å². The molecule has 0 amide bonds. The molecule has 0 saturated carbocycles. The SMILES string of the molecule is Cc1cc(C)c(Nc2cc(OS(=O)(=O)C(F)(F)F)nc(Nc3ccc(C#N)cc3)n2)c(C)c1. The minimum Gasteiger partial charge on any atom is -0.355 e. The van der Waals surface area contributed by atoms with Crippen LogP contribution in [0.25, 0.3) is 0 Å². The molecular weight excluding hydrogens is 459 g/mol. The van der Waals surface area contributed by atoms with Crippen molar-refractivity contribution in [1.82, 2.24) is 9.97 Å². The number of aromatic nitrogens is 2. The smallest absolute Gasteiger partial charge is 0.355 e. The van der Waals surface area contributed by atoms with Crippen LogP contribution < -0.4 is 14.8 Å². The molecule has 0 unspecified atom stereocenters. The summed E-state index contributed by atoms with van der Waals surface area (Å²) in [7, 11) is -5.94. The molecule has 0 fully saturated rings. The summed E-state index contributed by atoms with van der Waals surface area (Å²) in [5, 5.41) is 14.6. The van der Waals surface area contributed by atoms with Gasteiger partial charge in [0.25, 0.3) is 0 Å². The molecule has 33 heavy (non-hydrogen) atoms. The van der Waals surface area contributed by atoms with Crippen LogP contribution in [0.5, 0.6) is 5.88 Å². The second-order valence-corrected chi connectivity index (χ2v) is 8.65. The van der Waals surface area contributed by atoms with Crippen molar-refractivity contribution in [3.05, 3.63) is 64.7 Å². The van der Waals surface area contributed by atoms with Crippen molar-refractivity contribution in [2.75, 3.05) is 10.6 Å². The molecule has 12 heteroatoms. The van der Waals surface area contributed by atoms with E-state index < -0.39 is 21.5 Å². The van der Waals surface area contributed by atoms with Crippen LogP contribution in [-0.4, -0.2) is 23.9 Å². The summed E-state index contributed by atoms with van der Waals surface area (Å²) in [5.41, 5.74) is -1.47. The number of hydrogen-bond acceptors (Lipinski definition) is 8. The average Bonchev–Trinajstić information content (AvgIpc) is 2.70. The predicted molar refractivity (Wildman–Crippen MR) is 116 cm³/mol. The van der Waals surface area contributed by atoms with E-state index in [1.165, 1.54) is 24.3 Å². The van der Waals surface area contributed by atoms with Gasteiger partial charge in [0, 0.05) is 17.4 Å². The van der Waals surface area contributed by atoms with E-state index in [1.54, 1.807) is 0 Å². The molecule has 8 nitrogen and oxygen atoms in total. The number of anilines is 4. The van der Waals surface area contributed by atoms with E-state index >= 15 is 0 Å². The summed E-state index contributed by atoms with van der Waals surface area (Å²) in [4.78, 5) is 7.95. The number of nitriles is 1. The highest BCUT2D eigenvalue weighted by Gasteiger charge is 2.49. The number of alkyl halides is 3. The molecule has 172 valence electrons. The lowest BCUT2D eigenvalue weighted by Gasteiger charge is -2.15. The average molecular weight is 477 g/mol. The van der Waals surface area contributed by atoms with E-state index in [0.717, 1.165) is 22.8 Å². The Balaban J connectivity index is 2.02. The molecule has 0 aliphatic heterocycles.